The monoisotopic (exact) mass is 217 g/mol. The van der Waals surface area contributed by atoms with E-state index in [1.807, 2.05) is 30.9 Å². The van der Waals surface area contributed by atoms with Crippen LogP contribution in [0.1, 0.15) is 11.3 Å². The topological polar surface area (TPSA) is 68.8 Å². The van der Waals surface area contributed by atoms with Crippen LogP contribution in [-0.4, -0.2) is 14.8 Å². The van der Waals surface area contributed by atoms with Gasteiger partial charge in [0.05, 0.1) is 17.6 Å². The highest BCUT2D eigenvalue weighted by Gasteiger charge is 2.02. The van der Waals surface area contributed by atoms with Crippen LogP contribution in [0.3, 0.4) is 0 Å². The molecule has 0 spiro atoms. The third kappa shape index (κ3) is 2.31. The van der Waals surface area contributed by atoms with E-state index >= 15 is 0 Å². The van der Waals surface area contributed by atoms with Gasteiger partial charge in [-0.1, -0.05) is 0 Å². The number of pyridine rings is 1. The van der Waals surface area contributed by atoms with E-state index in [9.17, 15) is 0 Å². The Morgan fingerprint density at radius 3 is 2.81 bits per heavy atom. The van der Waals surface area contributed by atoms with Gasteiger partial charge in [0.2, 0.25) is 0 Å². The third-order valence-corrected chi connectivity index (χ3v) is 2.38. The molecule has 0 unspecified atom stereocenters. The molecule has 2 aromatic heterocycles. The van der Waals surface area contributed by atoms with Gasteiger partial charge in [0.1, 0.15) is 5.82 Å². The Kier molecular flexibility index (Phi) is 2.76. The third-order valence-electron chi connectivity index (χ3n) is 2.38. The lowest BCUT2D eigenvalue weighted by Crippen LogP contribution is -2.00. The van der Waals surface area contributed by atoms with Gasteiger partial charge in [-0.15, -0.1) is 0 Å². The second-order valence-electron chi connectivity index (χ2n) is 3.74. The smallest absolute Gasteiger partial charge is 0.123 e. The molecule has 0 aliphatic carbocycles. The molecule has 0 fully saturated rings. The summed E-state index contributed by atoms with van der Waals surface area (Å²) in [5.41, 5.74) is 8.69. The highest BCUT2D eigenvalue weighted by Crippen LogP contribution is 2.11. The number of aromatic nitrogens is 3. The number of aryl methyl sites for hydroxylation is 2. The molecule has 16 heavy (non-hydrogen) atoms. The first-order chi connectivity index (χ1) is 7.65. The minimum Gasteiger partial charge on any atom is -0.384 e. The van der Waals surface area contributed by atoms with Crippen molar-refractivity contribution in [3.63, 3.8) is 0 Å². The van der Waals surface area contributed by atoms with Gasteiger partial charge in [-0.2, -0.15) is 5.10 Å². The molecule has 0 saturated carbocycles. The van der Waals surface area contributed by atoms with E-state index in [-0.39, 0.29) is 0 Å². The molecule has 2 rings (SSSR count). The van der Waals surface area contributed by atoms with Crippen LogP contribution in [0.4, 0.5) is 11.5 Å². The zero-order chi connectivity index (χ0) is 11.5. The molecule has 0 amide bonds. The van der Waals surface area contributed by atoms with Gasteiger partial charge in [-0.25, -0.2) is 4.98 Å². The summed E-state index contributed by atoms with van der Waals surface area (Å²) in [5, 5.41) is 7.55. The van der Waals surface area contributed by atoms with Crippen molar-refractivity contribution in [2.75, 3.05) is 11.1 Å². The standard InChI is InChI=1S/C11H15N5/c1-8-9(7-16(2)15-8)5-13-10-3-4-11(12)14-6-10/h3-4,6-7,13H,5H2,1-2H3,(H2,12,14). The van der Waals surface area contributed by atoms with Crippen molar-refractivity contribution >= 4 is 11.5 Å². The molecule has 5 nitrogen and oxygen atoms in total. The predicted molar refractivity (Wildman–Crippen MR) is 63.9 cm³/mol. The molecule has 0 aliphatic rings. The fourth-order valence-electron chi connectivity index (χ4n) is 1.53. The van der Waals surface area contributed by atoms with Gasteiger partial charge < -0.3 is 11.1 Å². The number of hydrogen-bond acceptors (Lipinski definition) is 4. The predicted octanol–water partition coefficient (Wildman–Crippen LogP) is 1.32. The van der Waals surface area contributed by atoms with Crippen LogP contribution >= 0.6 is 0 Å². The lowest BCUT2D eigenvalue weighted by Gasteiger charge is -2.04. The normalized spacial score (nSPS) is 10.4. The van der Waals surface area contributed by atoms with Crippen LogP contribution in [0, 0.1) is 6.92 Å². The summed E-state index contributed by atoms with van der Waals surface area (Å²) in [4.78, 5) is 4.01. The second-order valence-corrected chi connectivity index (χ2v) is 3.74. The van der Waals surface area contributed by atoms with E-state index in [0.29, 0.717) is 5.82 Å². The van der Waals surface area contributed by atoms with Crippen LogP contribution in [0.5, 0.6) is 0 Å². The minimum absolute atomic E-state index is 0.531. The first kappa shape index (κ1) is 10.5. The van der Waals surface area contributed by atoms with Crippen molar-refractivity contribution in [3.05, 3.63) is 35.8 Å². The molecule has 84 valence electrons. The van der Waals surface area contributed by atoms with Crippen LogP contribution in [0.25, 0.3) is 0 Å². The highest BCUT2D eigenvalue weighted by atomic mass is 15.2. The molecule has 2 heterocycles. The molecule has 5 heteroatoms. The maximum Gasteiger partial charge on any atom is 0.123 e. The van der Waals surface area contributed by atoms with Crippen LogP contribution in [-0.2, 0) is 13.6 Å². The molecule has 0 bridgehead atoms. The number of nitrogen functional groups attached to an aromatic ring is 1. The summed E-state index contributed by atoms with van der Waals surface area (Å²) in [6.45, 7) is 2.74. The zero-order valence-corrected chi connectivity index (χ0v) is 9.44. The van der Waals surface area contributed by atoms with Crippen LogP contribution < -0.4 is 11.1 Å². The van der Waals surface area contributed by atoms with Crippen molar-refractivity contribution in [2.24, 2.45) is 7.05 Å². The summed E-state index contributed by atoms with van der Waals surface area (Å²) in [7, 11) is 1.92. The lowest BCUT2D eigenvalue weighted by molar-refractivity contribution is 0.756. The van der Waals surface area contributed by atoms with Crippen molar-refractivity contribution in [1.29, 1.82) is 0 Å². The van der Waals surface area contributed by atoms with E-state index in [1.54, 1.807) is 12.3 Å². The fraction of sp³-hybridized carbons (Fsp3) is 0.273. The first-order valence-electron chi connectivity index (χ1n) is 5.09. The minimum atomic E-state index is 0.531. The van der Waals surface area contributed by atoms with Gasteiger partial charge in [0, 0.05) is 25.4 Å². The summed E-state index contributed by atoms with van der Waals surface area (Å²) in [6, 6.07) is 3.69. The molecule has 0 atom stereocenters. The average Bonchev–Trinajstić information content (AvgIpc) is 2.57. The van der Waals surface area contributed by atoms with Crippen molar-refractivity contribution in [1.82, 2.24) is 14.8 Å². The molecule has 3 N–H and O–H groups in total. The van der Waals surface area contributed by atoms with E-state index in [0.717, 1.165) is 17.9 Å². The Bertz CT molecular complexity index is 472. The Balaban J connectivity index is 2.02. The molecular formula is C11H15N5. The quantitative estimate of drug-likeness (QED) is 0.813. The lowest BCUT2D eigenvalue weighted by atomic mass is 10.2. The number of nitrogens with zero attached hydrogens (tertiary/aromatic N) is 3. The van der Waals surface area contributed by atoms with Gasteiger partial charge in [0.15, 0.2) is 0 Å². The van der Waals surface area contributed by atoms with E-state index < -0.39 is 0 Å². The highest BCUT2D eigenvalue weighted by molar-refractivity contribution is 5.45. The average molecular weight is 217 g/mol. The summed E-state index contributed by atoms with van der Waals surface area (Å²) >= 11 is 0. The Labute approximate surface area is 94.3 Å². The maximum absolute atomic E-state index is 5.51. The number of anilines is 2. The zero-order valence-electron chi connectivity index (χ0n) is 9.44. The molecule has 2 aromatic rings. The number of nitrogens with one attached hydrogen (secondary N) is 1. The van der Waals surface area contributed by atoms with Gasteiger partial charge in [0.25, 0.3) is 0 Å². The number of hydrogen-bond donors (Lipinski definition) is 2. The number of rotatable bonds is 3. The first-order valence-corrected chi connectivity index (χ1v) is 5.09. The summed E-state index contributed by atoms with van der Waals surface area (Å²) in [5.74, 6) is 0.531. The van der Waals surface area contributed by atoms with Gasteiger partial charge >= 0.3 is 0 Å². The SMILES string of the molecule is Cc1nn(C)cc1CNc1ccc(N)nc1. The Morgan fingerprint density at radius 2 is 2.25 bits per heavy atom. The van der Waals surface area contributed by atoms with E-state index in [4.69, 9.17) is 5.73 Å². The van der Waals surface area contributed by atoms with E-state index in [2.05, 4.69) is 15.4 Å². The van der Waals surface area contributed by atoms with E-state index in [1.165, 1.54) is 5.56 Å². The maximum atomic E-state index is 5.51. The molecular weight excluding hydrogens is 202 g/mol. The summed E-state index contributed by atoms with van der Waals surface area (Å²) in [6.07, 6.45) is 3.73. The van der Waals surface area contributed by atoms with Gasteiger partial charge in [-0.3, -0.25) is 4.68 Å². The van der Waals surface area contributed by atoms with Crippen molar-refractivity contribution < 1.29 is 0 Å². The molecule has 0 radical (unpaired) electrons. The van der Waals surface area contributed by atoms with Crippen LogP contribution in [0.2, 0.25) is 0 Å². The molecule has 0 aromatic carbocycles. The van der Waals surface area contributed by atoms with Crippen molar-refractivity contribution in [2.45, 2.75) is 13.5 Å². The van der Waals surface area contributed by atoms with Gasteiger partial charge in [-0.05, 0) is 19.1 Å². The largest absolute Gasteiger partial charge is 0.384 e. The summed E-state index contributed by atoms with van der Waals surface area (Å²) < 4.78 is 1.81. The fourth-order valence-corrected chi connectivity index (χ4v) is 1.53. The molecule has 0 saturated heterocycles. The second kappa shape index (κ2) is 4.22. The van der Waals surface area contributed by atoms with Crippen molar-refractivity contribution in [3.8, 4) is 0 Å². The Morgan fingerprint density at radius 1 is 1.44 bits per heavy atom. The Hall–Kier alpha value is -2.04. The molecule has 0 aliphatic heterocycles. The van der Waals surface area contributed by atoms with Crippen LogP contribution in [0.15, 0.2) is 24.5 Å². The number of nitrogens with two attached hydrogens (primary N) is 1.